The van der Waals surface area contributed by atoms with Crippen molar-refractivity contribution in [2.45, 2.75) is 24.7 Å². The number of nitrogens with one attached hydrogen (secondary N) is 2. The Hall–Kier alpha value is -1.15. The monoisotopic (exact) mass is 266 g/mol. The molecule has 0 aliphatic rings. The molecule has 0 aliphatic carbocycles. The van der Waals surface area contributed by atoms with E-state index in [9.17, 15) is 13.8 Å². The Morgan fingerprint density at radius 1 is 1.35 bits per heavy atom. The van der Waals surface area contributed by atoms with Crippen LogP contribution in [0.2, 0.25) is 0 Å². The Morgan fingerprint density at radius 3 is 2.41 bits per heavy atom. The van der Waals surface area contributed by atoms with E-state index in [0.717, 1.165) is 0 Å². The van der Waals surface area contributed by atoms with Crippen LogP contribution in [-0.4, -0.2) is 57.1 Å². The van der Waals surface area contributed by atoms with Crippen LogP contribution < -0.4 is 10.6 Å². The van der Waals surface area contributed by atoms with Crippen molar-refractivity contribution in [1.29, 1.82) is 0 Å². The van der Waals surface area contributed by atoms with Crippen molar-refractivity contribution in [2.75, 3.05) is 19.3 Å². The fourth-order valence-electron chi connectivity index (χ4n) is 0.862. The van der Waals surface area contributed by atoms with Crippen molar-refractivity contribution in [2.24, 2.45) is 0 Å². The molecule has 0 aliphatic heterocycles. The second-order valence-electron chi connectivity index (χ2n) is 3.59. The lowest BCUT2D eigenvalue weighted by atomic mass is 10.2. The molecule has 0 heterocycles. The van der Waals surface area contributed by atoms with Gasteiger partial charge in [-0.2, -0.15) is 0 Å². The molecule has 0 bridgehead atoms. The molecule has 2 unspecified atom stereocenters. The van der Waals surface area contributed by atoms with Crippen LogP contribution in [0, 0.1) is 0 Å². The van der Waals surface area contributed by atoms with E-state index in [-0.39, 0.29) is 24.8 Å². The third-order valence-electron chi connectivity index (χ3n) is 2.11. The largest absolute Gasteiger partial charge is 0.479 e. The Balaban J connectivity index is 3.67. The molecule has 0 radical (unpaired) electrons. The minimum atomic E-state index is -1.47. The number of hydrogen-bond acceptors (Lipinski definition) is 4. The summed E-state index contributed by atoms with van der Waals surface area (Å²) in [4.78, 5) is 21.4. The molecule has 0 fully saturated rings. The normalized spacial score (nSPS) is 15.7. The topological polar surface area (TPSA) is 116 Å². The van der Waals surface area contributed by atoms with Crippen molar-refractivity contribution in [1.82, 2.24) is 10.6 Å². The molecular formula is C9H18N2O5S. The highest BCUT2D eigenvalue weighted by Gasteiger charge is 2.13. The number of carboxylic acid groups (broad SMARTS) is 1. The molecule has 0 aromatic heterocycles. The number of amides is 2. The molecule has 100 valence electrons. The molecule has 0 saturated carbocycles. The van der Waals surface area contributed by atoms with E-state index >= 15 is 0 Å². The molecule has 0 aromatic carbocycles. The number of aliphatic carboxylic acids is 1. The number of urea groups is 1. The van der Waals surface area contributed by atoms with E-state index in [2.05, 4.69) is 10.6 Å². The third kappa shape index (κ3) is 7.70. The van der Waals surface area contributed by atoms with E-state index in [1.54, 1.807) is 13.2 Å². The summed E-state index contributed by atoms with van der Waals surface area (Å²) in [6.45, 7) is 2.07. The lowest BCUT2D eigenvalue weighted by Crippen LogP contribution is -2.41. The van der Waals surface area contributed by atoms with Crippen LogP contribution >= 0.6 is 0 Å². The van der Waals surface area contributed by atoms with Crippen LogP contribution in [0.1, 0.15) is 13.3 Å². The van der Waals surface area contributed by atoms with E-state index in [0.29, 0.717) is 0 Å². The minimum absolute atomic E-state index is 0.0575. The minimum Gasteiger partial charge on any atom is -0.479 e. The van der Waals surface area contributed by atoms with Crippen LogP contribution in [0.15, 0.2) is 0 Å². The smallest absolute Gasteiger partial charge is 0.332 e. The van der Waals surface area contributed by atoms with Crippen LogP contribution in [0.4, 0.5) is 4.79 Å². The fourth-order valence-corrected chi connectivity index (χ4v) is 1.18. The average molecular weight is 266 g/mol. The van der Waals surface area contributed by atoms with E-state index in [4.69, 9.17) is 10.2 Å². The van der Waals surface area contributed by atoms with E-state index < -0.39 is 28.9 Å². The van der Waals surface area contributed by atoms with Crippen molar-refractivity contribution >= 4 is 22.8 Å². The van der Waals surface area contributed by atoms with Gasteiger partial charge in [0.1, 0.15) is 0 Å². The molecule has 3 atom stereocenters. The lowest BCUT2D eigenvalue weighted by Gasteiger charge is -2.11. The summed E-state index contributed by atoms with van der Waals surface area (Å²) in [6.07, 6.45) is 0.0169. The standard InChI is InChI=1S/C9H18N2O5S/c1-6(17(2)16)5-11-9(15)10-4-3-7(12)8(13)14/h6-7,12H,3-5H2,1-2H3,(H,13,14)(H2,10,11,15)/t6?,7-,17?/m0/s1. The van der Waals surface area contributed by atoms with Crippen LogP contribution in [-0.2, 0) is 15.6 Å². The number of carbonyl (C=O) groups is 2. The summed E-state index contributed by atoms with van der Waals surface area (Å²) < 4.78 is 11.0. The molecule has 8 heteroatoms. The Bertz CT molecular complexity index is 297. The van der Waals surface area contributed by atoms with Gasteiger partial charge < -0.3 is 20.8 Å². The fraction of sp³-hybridized carbons (Fsp3) is 0.778. The predicted molar refractivity (Wildman–Crippen MR) is 63.2 cm³/mol. The number of aliphatic hydroxyl groups excluding tert-OH is 1. The molecule has 0 saturated heterocycles. The quantitative estimate of drug-likeness (QED) is 0.466. The second kappa shape index (κ2) is 8.02. The zero-order valence-electron chi connectivity index (χ0n) is 9.80. The number of hydrogen-bond donors (Lipinski definition) is 4. The van der Waals surface area contributed by atoms with Crippen molar-refractivity contribution < 1.29 is 24.0 Å². The van der Waals surface area contributed by atoms with Crippen LogP contribution in [0.5, 0.6) is 0 Å². The van der Waals surface area contributed by atoms with Crippen molar-refractivity contribution in [3.8, 4) is 0 Å². The van der Waals surface area contributed by atoms with Gasteiger partial charge in [0.05, 0.1) is 0 Å². The molecule has 0 spiro atoms. The molecular weight excluding hydrogens is 248 g/mol. The molecule has 2 amide bonds. The first-order valence-electron chi connectivity index (χ1n) is 5.09. The van der Waals surface area contributed by atoms with Crippen molar-refractivity contribution in [3.63, 3.8) is 0 Å². The molecule has 7 nitrogen and oxygen atoms in total. The highest BCUT2D eigenvalue weighted by Crippen LogP contribution is 1.90. The summed E-state index contributed by atoms with van der Waals surface area (Å²) in [5.74, 6) is -1.32. The van der Waals surface area contributed by atoms with Gasteiger partial charge in [-0.15, -0.1) is 0 Å². The number of rotatable bonds is 7. The first kappa shape index (κ1) is 15.9. The van der Waals surface area contributed by atoms with Crippen LogP contribution in [0.3, 0.4) is 0 Å². The third-order valence-corrected chi connectivity index (χ3v) is 3.41. The van der Waals surface area contributed by atoms with Gasteiger partial charge in [-0.25, -0.2) is 9.59 Å². The van der Waals surface area contributed by atoms with E-state index in [1.165, 1.54) is 0 Å². The lowest BCUT2D eigenvalue weighted by molar-refractivity contribution is -0.146. The second-order valence-corrected chi connectivity index (χ2v) is 5.39. The summed E-state index contributed by atoms with van der Waals surface area (Å²) in [5, 5.41) is 22.0. The maximum Gasteiger partial charge on any atom is 0.332 e. The first-order chi connectivity index (χ1) is 7.84. The number of aliphatic hydroxyl groups is 1. The van der Waals surface area contributed by atoms with Gasteiger partial charge in [-0.3, -0.25) is 4.21 Å². The summed E-state index contributed by atoms with van der Waals surface area (Å²) in [5.41, 5.74) is 0. The average Bonchev–Trinajstić information content (AvgIpc) is 2.25. The molecule has 0 rings (SSSR count). The highest BCUT2D eigenvalue weighted by molar-refractivity contribution is 7.84. The molecule has 4 N–H and O–H groups in total. The van der Waals surface area contributed by atoms with Gasteiger partial charge in [-0.05, 0) is 6.92 Å². The van der Waals surface area contributed by atoms with Gasteiger partial charge >= 0.3 is 12.0 Å². The van der Waals surface area contributed by atoms with Gasteiger partial charge in [0.25, 0.3) is 0 Å². The van der Waals surface area contributed by atoms with E-state index in [1.807, 2.05) is 0 Å². The summed E-state index contributed by atoms with van der Waals surface area (Å²) in [6, 6.07) is -0.472. The maximum atomic E-state index is 11.2. The van der Waals surface area contributed by atoms with Crippen LogP contribution in [0.25, 0.3) is 0 Å². The molecule has 17 heavy (non-hydrogen) atoms. The van der Waals surface area contributed by atoms with Gasteiger partial charge in [-0.1, -0.05) is 0 Å². The SMILES string of the molecule is CC(CNC(=O)NCC[C@H](O)C(=O)O)S(C)=O. The van der Waals surface area contributed by atoms with Gasteiger partial charge in [0.15, 0.2) is 6.10 Å². The Morgan fingerprint density at radius 2 is 1.94 bits per heavy atom. The summed E-state index contributed by atoms with van der Waals surface area (Å²) >= 11 is 0. The molecule has 0 aromatic rings. The Kier molecular flexibility index (Phi) is 7.47. The summed E-state index contributed by atoms with van der Waals surface area (Å²) in [7, 11) is -1.01. The first-order valence-corrected chi connectivity index (χ1v) is 6.71. The number of carboxylic acids is 1. The Labute approximate surface area is 102 Å². The van der Waals surface area contributed by atoms with Gasteiger partial charge in [0, 0.05) is 41.8 Å². The number of carbonyl (C=O) groups excluding carboxylic acids is 1. The van der Waals surface area contributed by atoms with Crippen molar-refractivity contribution in [3.05, 3.63) is 0 Å². The maximum absolute atomic E-state index is 11.2. The highest BCUT2D eigenvalue weighted by atomic mass is 32.2. The predicted octanol–water partition coefficient (Wildman–Crippen LogP) is -1.11. The zero-order valence-corrected chi connectivity index (χ0v) is 10.6. The van der Waals surface area contributed by atoms with Gasteiger partial charge in [0.2, 0.25) is 0 Å². The zero-order chi connectivity index (χ0) is 13.4.